The fourth-order valence-electron chi connectivity index (χ4n) is 0.871. The highest BCUT2D eigenvalue weighted by Gasteiger charge is 2.01. The molecule has 1 unspecified atom stereocenters. The first-order chi connectivity index (χ1) is 4.85. The van der Waals surface area contributed by atoms with Gasteiger partial charge in [0.15, 0.2) is 0 Å². The fourth-order valence-corrected chi connectivity index (χ4v) is 0.871. The molecule has 2 nitrogen and oxygen atoms in total. The highest BCUT2D eigenvalue weighted by molar-refractivity contribution is 4.52. The van der Waals surface area contributed by atoms with E-state index in [0.29, 0.717) is 0 Å². The zero-order valence-corrected chi connectivity index (χ0v) is 7.31. The zero-order chi connectivity index (χ0) is 7.82. The van der Waals surface area contributed by atoms with Crippen molar-refractivity contribution in [3.05, 3.63) is 0 Å². The van der Waals surface area contributed by atoms with Crippen LogP contribution in [0.2, 0.25) is 0 Å². The first-order valence-corrected chi connectivity index (χ1v) is 4.11. The molecule has 0 saturated carbocycles. The Bertz CT molecular complexity index is 66.3. The molecule has 0 fully saturated rings. The Morgan fingerprint density at radius 1 is 1.30 bits per heavy atom. The number of hydrogen-bond acceptors (Lipinski definition) is 2. The average molecular weight is 145 g/mol. The third-order valence-corrected chi connectivity index (χ3v) is 1.46. The van der Waals surface area contributed by atoms with E-state index in [1.165, 1.54) is 12.8 Å². The second-order valence-corrected chi connectivity index (χ2v) is 2.47. The van der Waals surface area contributed by atoms with Gasteiger partial charge in [0.05, 0.1) is 0 Å². The third kappa shape index (κ3) is 4.77. The molecule has 10 heavy (non-hydrogen) atoms. The Balaban J connectivity index is 3.21. The second-order valence-electron chi connectivity index (χ2n) is 2.47. The van der Waals surface area contributed by atoms with Crippen molar-refractivity contribution in [2.75, 3.05) is 13.7 Å². The van der Waals surface area contributed by atoms with Crippen molar-refractivity contribution >= 4 is 0 Å². The van der Waals surface area contributed by atoms with Crippen LogP contribution in [0.25, 0.3) is 0 Å². The van der Waals surface area contributed by atoms with Crippen LogP contribution in [0.3, 0.4) is 0 Å². The summed E-state index contributed by atoms with van der Waals surface area (Å²) in [5, 5.41) is 3.30. The van der Waals surface area contributed by atoms with Crippen LogP contribution in [-0.2, 0) is 4.74 Å². The summed E-state index contributed by atoms with van der Waals surface area (Å²) < 4.78 is 5.18. The van der Waals surface area contributed by atoms with Crippen molar-refractivity contribution in [1.29, 1.82) is 0 Å². The molecule has 0 saturated heterocycles. The first kappa shape index (κ1) is 9.92. The quantitative estimate of drug-likeness (QED) is 0.575. The van der Waals surface area contributed by atoms with Crippen molar-refractivity contribution in [2.24, 2.45) is 0 Å². The molecule has 62 valence electrons. The lowest BCUT2D eigenvalue weighted by Gasteiger charge is -2.14. The lowest BCUT2D eigenvalue weighted by molar-refractivity contribution is 0.0666. The van der Waals surface area contributed by atoms with E-state index in [0.717, 1.165) is 13.0 Å². The Morgan fingerprint density at radius 3 is 2.40 bits per heavy atom. The van der Waals surface area contributed by atoms with E-state index in [1.807, 2.05) is 0 Å². The van der Waals surface area contributed by atoms with Gasteiger partial charge in [-0.1, -0.05) is 20.3 Å². The van der Waals surface area contributed by atoms with Crippen LogP contribution in [0, 0.1) is 0 Å². The van der Waals surface area contributed by atoms with Gasteiger partial charge in [-0.25, -0.2) is 0 Å². The molecule has 0 aromatic rings. The van der Waals surface area contributed by atoms with Crippen LogP contribution >= 0.6 is 0 Å². The molecule has 0 amide bonds. The van der Waals surface area contributed by atoms with Gasteiger partial charge in [0.2, 0.25) is 0 Å². The summed E-state index contributed by atoms with van der Waals surface area (Å²) in [5.74, 6) is 0. The second kappa shape index (κ2) is 7.03. The van der Waals surface area contributed by atoms with Crippen molar-refractivity contribution in [1.82, 2.24) is 5.32 Å². The van der Waals surface area contributed by atoms with E-state index in [2.05, 4.69) is 19.2 Å². The molecule has 1 atom stereocenters. The number of ether oxygens (including phenoxy) is 1. The molecule has 0 aliphatic carbocycles. The SMILES string of the molecule is CCCNC(CCC)OC. The number of rotatable bonds is 6. The molecule has 0 aliphatic rings. The first-order valence-electron chi connectivity index (χ1n) is 4.11. The van der Waals surface area contributed by atoms with Gasteiger partial charge in [-0.3, -0.25) is 5.32 Å². The maximum atomic E-state index is 5.18. The van der Waals surface area contributed by atoms with Crippen molar-refractivity contribution in [2.45, 2.75) is 39.3 Å². The summed E-state index contributed by atoms with van der Waals surface area (Å²) in [7, 11) is 1.75. The summed E-state index contributed by atoms with van der Waals surface area (Å²) in [5.41, 5.74) is 0. The van der Waals surface area contributed by atoms with E-state index >= 15 is 0 Å². The topological polar surface area (TPSA) is 21.3 Å². The van der Waals surface area contributed by atoms with Gasteiger partial charge in [0.1, 0.15) is 6.23 Å². The summed E-state index contributed by atoms with van der Waals surface area (Å²) in [6, 6.07) is 0. The van der Waals surface area contributed by atoms with Crippen molar-refractivity contribution < 1.29 is 4.74 Å². The minimum absolute atomic E-state index is 0.268. The van der Waals surface area contributed by atoms with E-state index in [9.17, 15) is 0 Å². The minimum atomic E-state index is 0.268. The maximum Gasteiger partial charge on any atom is 0.107 e. The molecule has 0 aliphatic heterocycles. The van der Waals surface area contributed by atoms with E-state index < -0.39 is 0 Å². The molecule has 0 radical (unpaired) electrons. The largest absolute Gasteiger partial charge is 0.367 e. The molecule has 0 aromatic carbocycles. The summed E-state index contributed by atoms with van der Waals surface area (Å²) >= 11 is 0. The highest BCUT2D eigenvalue weighted by atomic mass is 16.5. The van der Waals surface area contributed by atoms with E-state index in [-0.39, 0.29) is 6.23 Å². The average Bonchev–Trinajstić information content (AvgIpc) is 1.98. The maximum absolute atomic E-state index is 5.18. The van der Waals surface area contributed by atoms with Crippen LogP contribution in [0.1, 0.15) is 33.1 Å². The molecular weight excluding hydrogens is 126 g/mol. The van der Waals surface area contributed by atoms with Gasteiger partial charge in [0.25, 0.3) is 0 Å². The fraction of sp³-hybridized carbons (Fsp3) is 1.00. The Morgan fingerprint density at radius 2 is 2.00 bits per heavy atom. The van der Waals surface area contributed by atoms with Crippen LogP contribution in [0.5, 0.6) is 0 Å². The molecule has 0 rings (SSSR count). The van der Waals surface area contributed by atoms with Crippen LogP contribution in [0.15, 0.2) is 0 Å². The number of hydrogen-bond donors (Lipinski definition) is 1. The molecule has 0 heterocycles. The number of methoxy groups -OCH3 is 1. The smallest absolute Gasteiger partial charge is 0.107 e. The summed E-state index contributed by atoms with van der Waals surface area (Å²) in [6.07, 6.45) is 3.72. The van der Waals surface area contributed by atoms with Gasteiger partial charge < -0.3 is 4.74 Å². The summed E-state index contributed by atoms with van der Waals surface area (Å²) in [6.45, 7) is 5.38. The van der Waals surface area contributed by atoms with Gasteiger partial charge in [-0.05, 0) is 19.4 Å². The Labute approximate surface area is 64.0 Å². The minimum Gasteiger partial charge on any atom is -0.367 e. The normalized spacial score (nSPS) is 13.5. The van der Waals surface area contributed by atoms with Crippen LogP contribution in [-0.4, -0.2) is 19.9 Å². The molecule has 0 aromatic heterocycles. The lowest BCUT2D eigenvalue weighted by atomic mass is 10.3. The van der Waals surface area contributed by atoms with Gasteiger partial charge in [0, 0.05) is 7.11 Å². The van der Waals surface area contributed by atoms with Gasteiger partial charge in [-0.15, -0.1) is 0 Å². The predicted molar refractivity (Wildman–Crippen MR) is 44.0 cm³/mol. The van der Waals surface area contributed by atoms with Crippen LogP contribution < -0.4 is 5.32 Å². The monoisotopic (exact) mass is 145 g/mol. The highest BCUT2D eigenvalue weighted by Crippen LogP contribution is 1.96. The predicted octanol–water partition coefficient (Wildman–Crippen LogP) is 1.76. The van der Waals surface area contributed by atoms with Crippen LogP contribution in [0.4, 0.5) is 0 Å². The third-order valence-electron chi connectivity index (χ3n) is 1.46. The Kier molecular flexibility index (Phi) is 6.98. The molecule has 1 N–H and O–H groups in total. The molecule has 0 bridgehead atoms. The van der Waals surface area contributed by atoms with Crippen molar-refractivity contribution in [3.63, 3.8) is 0 Å². The van der Waals surface area contributed by atoms with E-state index in [4.69, 9.17) is 4.74 Å². The molecular formula is C8H19NO. The Hall–Kier alpha value is -0.0800. The van der Waals surface area contributed by atoms with Gasteiger partial charge in [-0.2, -0.15) is 0 Å². The van der Waals surface area contributed by atoms with Crippen molar-refractivity contribution in [3.8, 4) is 0 Å². The zero-order valence-electron chi connectivity index (χ0n) is 7.31. The standard InChI is InChI=1S/C8H19NO/c1-4-6-8(10-3)9-7-5-2/h8-9H,4-7H2,1-3H3. The molecule has 2 heteroatoms. The van der Waals surface area contributed by atoms with Gasteiger partial charge >= 0.3 is 0 Å². The molecule has 0 spiro atoms. The van der Waals surface area contributed by atoms with E-state index in [1.54, 1.807) is 7.11 Å². The lowest BCUT2D eigenvalue weighted by Crippen LogP contribution is -2.31. The number of nitrogens with one attached hydrogen (secondary N) is 1. The summed E-state index contributed by atoms with van der Waals surface area (Å²) in [4.78, 5) is 0.